The average molecular weight is 326 g/mol. The lowest BCUT2D eigenvalue weighted by Crippen LogP contribution is -2.51. The predicted octanol–water partition coefficient (Wildman–Crippen LogP) is -4.52. The van der Waals surface area contributed by atoms with Crippen molar-refractivity contribution in [3.63, 3.8) is 0 Å². The fraction of sp³-hybridized carbons (Fsp3) is 0.917. The van der Waals surface area contributed by atoms with Crippen molar-refractivity contribution < 1.29 is 50.0 Å². The number of carbonyl (C=O) groups excluding carboxylic acids is 1. The molecule has 10 nitrogen and oxygen atoms in total. The van der Waals surface area contributed by atoms with E-state index < -0.39 is 68.7 Å². The van der Waals surface area contributed by atoms with Crippen LogP contribution in [0.3, 0.4) is 0 Å². The molecule has 0 aromatic rings. The van der Waals surface area contributed by atoms with Crippen LogP contribution in [0.5, 0.6) is 0 Å². The van der Waals surface area contributed by atoms with Crippen LogP contribution >= 0.6 is 0 Å². The molecule has 22 heavy (non-hydrogen) atoms. The van der Waals surface area contributed by atoms with Crippen LogP contribution in [0.15, 0.2) is 0 Å². The number of carbonyl (C=O) groups is 1. The van der Waals surface area contributed by atoms with Gasteiger partial charge in [0.25, 0.3) is 0 Å². The molecule has 10 heteroatoms. The van der Waals surface area contributed by atoms with Gasteiger partial charge in [-0.3, -0.25) is 0 Å². The molecule has 1 aliphatic heterocycles. The third-order valence-corrected chi connectivity index (χ3v) is 3.53. The first-order chi connectivity index (χ1) is 10.3. The van der Waals surface area contributed by atoms with Gasteiger partial charge in [-0.2, -0.15) is 0 Å². The Balaban J connectivity index is 2.65. The molecule has 1 heterocycles. The van der Waals surface area contributed by atoms with Gasteiger partial charge in [-0.25, -0.2) is 0 Å². The van der Waals surface area contributed by atoms with Gasteiger partial charge < -0.3 is 50.0 Å². The van der Waals surface area contributed by atoms with E-state index in [0.717, 1.165) is 0 Å². The average Bonchev–Trinajstić information content (AvgIpc) is 2.77. The monoisotopic (exact) mass is 326 g/mol. The van der Waals surface area contributed by atoms with Crippen LogP contribution in [-0.2, 0) is 14.3 Å². The fourth-order valence-corrected chi connectivity index (χ4v) is 2.12. The number of hydrogen-bond acceptors (Lipinski definition) is 10. The van der Waals surface area contributed by atoms with E-state index in [1.165, 1.54) is 0 Å². The predicted molar refractivity (Wildman–Crippen MR) is 68.4 cm³/mol. The third kappa shape index (κ3) is 3.98. The van der Waals surface area contributed by atoms with Crippen LogP contribution in [0.4, 0.5) is 0 Å². The molecule has 7 atom stereocenters. The van der Waals surface area contributed by atoms with Crippen molar-refractivity contribution in [2.24, 2.45) is 0 Å². The molecule has 0 radical (unpaired) electrons. The Morgan fingerprint density at radius 3 is 2.27 bits per heavy atom. The van der Waals surface area contributed by atoms with Gasteiger partial charge in [0.1, 0.15) is 43.4 Å². The maximum atomic E-state index is 10.2. The summed E-state index contributed by atoms with van der Waals surface area (Å²) in [5.74, 6) is -2.08. The normalized spacial score (nSPS) is 36.0. The maximum absolute atomic E-state index is 10.2. The Kier molecular flexibility index (Phi) is 7.25. The van der Waals surface area contributed by atoms with Gasteiger partial charge in [0.2, 0.25) is 5.79 Å². The number of hydrogen-bond donors (Lipinski definition) is 7. The Labute approximate surface area is 126 Å². The highest BCUT2D eigenvalue weighted by atomic mass is 16.7. The van der Waals surface area contributed by atoms with Crippen molar-refractivity contribution >= 4 is 6.29 Å². The van der Waals surface area contributed by atoms with E-state index in [2.05, 4.69) is 0 Å². The van der Waals surface area contributed by atoms with Crippen LogP contribution in [0, 0.1) is 0 Å². The second-order valence-electron chi connectivity index (χ2n) is 5.08. The number of aliphatic hydroxyl groups is 7. The number of rotatable bonds is 9. The minimum atomic E-state index is -2.08. The lowest BCUT2D eigenvalue weighted by molar-refractivity contribution is -0.286. The van der Waals surface area contributed by atoms with Gasteiger partial charge in [-0.05, 0) is 0 Å². The quantitative estimate of drug-likeness (QED) is 0.204. The van der Waals surface area contributed by atoms with Crippen molar-refractivity contribution in [3.8, 4) is 0 Å². The number of aliphatic hydroxyl groups excluding tert-OH is 7. The maximum Gasteiger partial charge on any atom is 0.221 e. The third-order valence-electron chi connectivity index (χ3n) is 3.53. The van der Waals surface area contributed by atoms with Crippen LogP contribution in [0.25, 0.3) is 0 Å². The summed E-state index contributed by atoms with van der Waals surface area (Å²) in [7, 11) is 0. The van der Waals surface area contributed by atoms with E-state index >= 15 is 0 Å². The topological polar surface area (TPSA) is 177 Å². The summed E-state index contributed by atoms with van der Waals surface area (Å²) in [6.45, 7) is -2.19. The molecular formula is C12H22O10. The molecule has 0 saturated carbocycles. The molecule has 0 unspecified atom stereocenters. The van der Waals surface area contributed by atoms with E-state index in [1.54, 1.807) is 0 Å². The van der Waals surface area contributed by atoms with Crippen LogP contribution in [0.1, 0.15) is 6.42 Å². The molecule has 130 valence electrons. The molecule has 0 bridgehead atoms. The van der Waals surface area contributed by atoms with Crippen molar-refractivity contribution in [1.82, 2.24) is 0 Å². The van der Waals surface area contributed by atoms with Crippen LogP contribution in [-0.4, -0.2) is 104 Å². The summed E-state index contributed by atoms with van der Waals surface area (Å²) < 4.78 is 10.1. The van der Waals surface area contributed by atoms with E-state index in [4.69, 9.17) is 14.6 Å². The lowest BCUT2D eigenvalue weighted by Gasteiger charge is -2.32. The lowest BCUT2D eigenvalue weighted by atomic mass is 10.0. The van der Waals surface area contributed by atoms with E-state index in [1.807, 2.05) is 0 Å². The minimum Gasteiger partial charge on any atom is -0.394 e. The fourth-order valence-electron chi connectivity index (χ4n) is 2.12. The molecule has 0 aromatic heterocycles. The first-order valence-corrected chi connectivity index (χ1v) is 6.70. The first-order valence-electron chi connectivity index (χ1n) is 6.70. The summed E-state index contributed by atoms with van der Waals surface area (Å²) in [4.78, 5) is 10.2. The molecule has 1 rings (SSSR count). The Morgan fingerprint density at radius 1 is 1.18 bits per heavy atom. The summed E-state index contributed by atoms with van der Waals surface area (Å²) in [6, 6.07) is 0. The smallest absolute Gasteiger partial charge is 0.221 e. The van der Waals surface area contributed by atoms with Crippen molar-refractivity contribution in [2.45, 2.75) is 48.8 Å². The highest BCUT2D eigenvalue weighted by Crippen LogP contribution is 2.32. The molecule has 1 aliphatic rings. The standard InChI is InChI=1S/C12H22O10/c13-2-1-6(16)9(18)7(17)4-21-12(5-15)11(20)10(19)8(3-14)22-12/h2,6-11,14-20H,1,3-5H2/t6-,7-,8-,9+,10-,11+,12-/m1/s1. The minimum absolute atomic E-state index is 0.364. The van der Waals surface area contributed by atoms with Gasteiger partial charge in [0.15, 0.2) is 0 Å². The Morgan fingerprint density at radius 2 is 1.82 bits per heavy atom. The van der Waals surface area contributed by atoms with Gasteiger partial charge in [-0.1, -0.05) is 0 Å². The molecular weight excluding hydrogens is 304 g/mol. The summed E-state index contributed by atoms with van der Waals surface area (Å²) in [5.41, 5.74) is 0. The molecule has 1 saturated heterocycles. The highest BCUT2D eigenvalue weighted by molar-refractivity contribution is 5.50. The summed E-state index contributed by atoms with van der Waals surface area (Å²) >= 11 is 0. The molecule has 0 aliphatic carbocycles. The molecule has 7 N–H and O–H groups in total. The zero-order chi connectivity index (χ0) is 16.9. The Bertz CT molecular complexity index is 353. The van der Waals surface area contributed by atoms with E-state index in [9.17, 15) is 35.4 Å². The molecule has 0 amide bonds. The van der Waals surface area contributed by atoms with E-state index in [0.29, 0.717) is 6.29 Å². The SMILES string of the molecule is O=CC[C@@H](O)[C@H](O)[C@H](O)CO[C@]1(CO)O[C@H](CO)[C@@H](O)[C@@H]1O. The van der Waals surface area contributed by atoms with Gasteiger partial charge in [0.05, 0.1) is 19.3 Å². The van der Waals surface area contributed by atoms with Gasteiger partial charge in [-0.15, -0.1) is 0 Å². The second kappa shape index (κ2) is 8.24. The first kappa shape index (κ1) is 19.4. The van der Waals surface area contributed by atoms with Crippen LogP contribution < -0.4 is 0 Å². The zero-order valence-corrected chi connectivity index (χ0v) is 11.7. The molecule has 0 spiro atoms. The molecule has 0 aromatic carbocycles. The van der Waals surface area contributed by atoms with Crippen molar-refractivity contribution in [3.05, 3.63) is 0 Å². The zero-order valence-electron chi connectivity index (χ0n) is 11.7. The summed E-state index contributed by atoms with van der Waals surface area (Å²) in [6.07, 6.45) is -9.27. The van der Waals surface area contributed by atoms with Crippen molar-refractivity contribution in [1.29, 1.82) is 0 Å². The van der Waals surface area contributed by atoms with Gasteiger partial charge >= 0.3 is 0 Å². The second-order valence-corrected chi connectivity index (χ2v) is 5.08. The largest absolute Gasteiger partial charge is 0.394 e. The van der Waals surface area contributed by atoms with Crippen molar-refractivity contribution in [2.75, 3.05) is 19.8 Å². The van der Waals surface area contributed by atoms with Crippen LogP contribution in [0.2, 0.25) is 0 Å². The van der Waals surface area contributed by atoms with E-state index in [-0.39, 0.29) is 0 Å². The highest BCUT2D eigenvalue weighted by Gasteiger charge is 2.55. The Hall–Kier alpha value is -0.690. The van der Waals surface area contributed by atoms with Gasteiger partial charge in [0, 0.05) is 6.42 Å². The number of aldehydes is 1. The molecule has 1 fully saturated rings. The number of ether oxygens (including phenoxy) is 2. The summed E-state index contributed by atoms with van der Waals surface area (Å²) in [5, 5.41) is 66.4.